The molecule has 2 aromatic carbocycles. The van der Waals surface area contributed by atoms with Crippen LogP contribution in [-0.2, 0) is 10.2 Å². The third-order valence-electron chi connectivity index (χ3n) is 4.02. The van der Waals surface area contributed by atoms with E-state index in [2.05, 4.69) is 26.1 Å². The second kappa shape index (κ2) is 8.07. The van der Waals surface area contributed by atoms with Crippen LogP contribution in [0.1, 0.15) is 33.3 Å². The molecule has 27 heavy (non-hydrogen) atoms. The van der Waals surface area contributed by atoms with Gasteiger partial charge in [0.1, 0.15) is 11.5 Å². The van der Waals surface area contributed by atoms with E-state index in [1.54, 1.807) is 6.92 Å². The van der Waals surface area contributed by atoms with Crippen LogP contribution in [-0.4, -0.2) is 24.0 Å². The SMILES string of the molecule is COc1ccc([N+](=O)[O-])cc1NC(=O)C(C)Oc1ccccc1C(C)(C)C. The second-order valence-corrected chi connectivity index (χ2v) is 7.14. The van der Waals surface area contributed by atoms with E-state index in [1.165, 1.54) is 25.3 Å². The van der Waals surface area contributed by atoms with E-state index in [4.69, 9.17) is 9.47 Å². The Hall–Kier alpha value is -3.09. The van der Waals surface area contributed by atoms with Gasteiger partial charge in [-0.3, -0.25) is 14.9 Å². The topological polar surface area (TPSA) is 90.7 Å². The summed E-state index contributed by atoms with van der Waals surface area (Å²) < 4.78 is 11.0. The molecular formula is C20H24N2O5. The number of nitrogens with one attached hydrogen (secondary N) is 1. The lowest BCUT2D eigenvalue weighted by Crippen LogP contribution is -2.31. The number of benzene rings is 2. The number of carbonyl (C=O) groups excluding carboxylic acids is 1. The average Bonchev–Trinajstić information content (AvgIpc) is 2.61. The third kappa shape index (κ3) is 4.97. The smallest absolute Gasteiger partial charge is 0.271 e. The number of ether oxygens (including phenoxy) is 2. The van der Waals surface area contributed by atoms with Crippen molar-refractivity contribution >= 4 is 17.3 Å². The predicted octanol–water partition coefficient (Wildman–Crippen LogP) is 4.31. The molecule has 0 saturated carbocycles. The Morgan fingerprint density at radius 1 is 1.15 bits per heavy atom. The lowest BCUT2D eigenvalue weighted by molar-refractivity contribution is -0.384. The molecule has 0 spiro atoms. The summed E-state index contributed by atoms with van der Waals surface area (Å²) in [6.45, 7) is 7.81. The number of nitro groups is 1. The number of nitro benzene ring substituents is 1. The highest BCUT2D eigenvalue weighted by atomic mass is 16.6. The molecule has 1 unspecified atom stereocenters. The van der Waals surface area contributed by atoms with Crippen LogP contribution in [0.15, 0.2) is 42.5 Å². The molecule has 1 amide bonds. The maximum Gasteiger partial charge on any atom is 0.271 e. The maximum absolute atomic E-state index is 12.6. The first-order chi connectivity index (χ1) is 12.6. The fourth-order valence-corrected chi connectivity index (χ4v) is 2.57. The zero-order valence-electron chi connectivity index (χ0n) is 16.1. The molecule has 0 heterocycles. The van der Waals surface area contributed by atoms with Crippen LogP contribution in [0, 0.1) is 10.1 Å². The van der Waals surface area contributed by atoms with E-state index in [-0.39, 0.29) is 16.8 Å². The molecule has 0 bridgehead atoms. The Balaban J connectivity index is 2.20. The molecule has 1 atom stereocenters. The zero-order chi connectivity index (χ0) is 20.2. The molecule has 1 N–H and O–H groups in total. The summed E-state index contributed by atoms with van der Waals surface area (Å²) in [4.78, 5) is 23.0. The van der Waals surface area contributed by atoms with Gasteiger partial charge in [-0.1, -0.05) is 39.0 Å². The van der Waals surface area contributed by atoms with Gasteiger partial charge in [-0.05, 0) is 30.0 Å². The summed E-state index contributed by atoms with van der Waals surface area (Å²) in [7, 11) is 1.43. The fourth-order valence-electron chi connectivity index (χ4n) is 2.57. The van der Waals surface area contributed by atoms with Gasteiger partial charge >= 0.3 is 0 Å². The monoisotopic (exact) mass is 372 g/mol. The first kappa shape index (κ1) is 20.2. The van der Waals surface area contributed by atoms with Crippen LogP contribution in [0.3, 0.4) is 0 Å². The quantitative estimate of drug-likeness (QED) is 0.603. The number of carbonyl (C=O) groups is 1. The minimum absolute atomic E-state index is 0.141. The standard InChI is InChI=1S/C20H24N2O5/c1-13(27-17-9-7-6-8-15(17)20(2,3)4)19(23)21-16-12-14(22(24)25)10-11-18(16)26-5/h6-13H,1-5H3,(H,21,23). The van der Waals surface area contributed by atoms with Crippen molar-refractivity contribution in [2.24, 2.45) is 0 Å². The number of para-hydroxylation sites is 1. The molecule has 0 saturated heterocycles. The van der Waals surface area contributed by atoms with Crippen LogP contribution in [0.4, 0.5) is 11.4 Å². The molecule has 7 heteroatoms. The molecular weight excluding hydrogens is 348 g/mol. The third-order valence-corrected chi connectivity index (χ3v) is 4.02. The van der Waals surface area contributed by atoms with Crippen molar-refractivity contribution in [2.45, 2.75) is 39.2 Å². The molecule has 2 aromatic rings. The summed E-state index contributed by atoms with van der Waals surface area (Å²) in [5.41, 5.74) is 0.919. The highest BCUT2D eigenvalue weighted by molar-refractivity contribution is 5.95. The van der Waals surface area contributed by atoms with Crippen LogP contribution in [0.25, 0.3) is 0 Å². The Morgan fingerprint density at radius 3 is 2.41 bits per heavy atom. The highest BCUT2D eigenvalue weighted by Crippen LogP contribution is 2.32. The van der Waals surface area contributed by atoms with E-state index in [1.807, 2.05) is 24.3 Å². The maximum atomic E-state index is 12.6. The molecule has 0 radical (unpaired) electrons. The molecule has 0 aliphatic rings. The van der Waals surface area contributed by atoms with Gasteiger partial charge in [-0.25, -0.2) is 0 Å². The number of rotatable bonds is 6. The first-order valence-electron chi connectivity index (χ1n) is 8.53. The first-order valence-corrected chi connectivity index (χ1v) is 8.53. The zero-order valence-corrected chi connectivity index (χ0v) is 16.1. The van der Waals surface area contributed by atoms with Gasteiger partial charge in [0.2, 0.25) is 0 Å². The summed E-state index contributed by atoms with van der Waals surface area (Å²) in [5, 5.41) is 13.6. The summed E-state index contributed by atoms with van der Waals surface area (Å²) in [6.07, 6.45) is -0.808. The van der Waals surface area contributed by atoms with Gasteiger partial charge in [-0.2, -0.15) is 0 Å². The van der Waals surface area contributed by atoms with Gasteiger partial charge in [-0.15, -0.1) is 0 Å². The van der Waals surface area contributed by atoms with Gasteiger partial charge in [0.15, 0.2) is 6.10 Å². The van der Waals surface area contributed by atoms with E-state index in [0.29, 0.717) is 11.5 Å². The number of hydrogen-bond acceptors (Lipinski definition) is 5. The lowest BCUT2D eigenvalue weighted by atomic mass is 9.86. The Labute approximate surface area is 158 Å². The molecule has 0 aliphatic carbocycles. The van der Waals surface area contributed by atoms with Crippen molar-refractivity contribution < 1.29 is 19.2 Å². The lowest BCUT2D eigenvalue weighted by Gasteiger charge is -2.24. The van der Waals surface area contributed by atoms with E-state index < -0.39 is 16.9 Å². The van der Waals surface area contributed by atoms with Crippen LogP contribution >= 0.6 is 0 Å². The molecule has 0 aliphatic heterocycles. The van der Waals surface area contributed by atoms with Crippen molar-refractivity contribution in [1.29, 1.82) is 0 Å². The number of methoxy groups -OCH3 is 1. The molecule has 2 rings (SSSR count). The number of anilines is 1. The van der Waals surface area contributed by atoms with Gasteiger partial charge in [0.25, 0.3) is 11.6 Å². The van der Waals surface area contributed by atoms with Crippen LogP contribution < -0.4 is 14.8 Å². The van der Waals surface area contributed by atoms with Crippen LogP contribution in [0.5, 0.6) is 11.5 Å². The number of amides is 1. The minimum atomic E-state index is -0.808. The van der Waals surface area contributed by atoms with Crippen molar-refractivity contribution in [1.82, 2.24) is 0 Å². The Morgan fingerprint density at radius 2 is 1.81 bits per heavy atom. The number of non-ortho nitro benzene ring substituents is 1. The minimum Gasteiger partial charge on any atom is -0.495 e. The highest BCUT2D eigenvalue weighted by Gasteiger charge is 2.23. The van der Waals surface area contributed by atoms with Gasteiger partial charge < -0.3 is 14.8 Å². The normalized spacial score (nSPS) is 12.2. The van der Waals surface area contributed by atoms with Crippen LogP contribution in [0.2, 0.25) is 0 Å². The van der Waals surface area contributed by atoms with Gasteiger partial charge in [0.05, 0.1) is 17.7 Å². The fraction of sp³-hybridized carbons (Fsp3) is 0.350. The van der Waals surface area contributed by atoms with E-state index >= 15 is 0 Å². The molecule has 144 valence electrons. The Bertz CT molecular complexity index is 843. The summed E-state index contributed by atoms with van der Waals surface area (Å²) in [6, 6.07) is 11.6. The second-order valence-electron chi connectivity index (χ2n) is 7.14. The largest absolute Gasteiger partial charge is 0.495 e. The Kier molecular flexibility index (Phi) is 6.05. The van der Waals surface area contributed by atoms with Crippen molar-refractivity contribution in [3.63, 3.8) is 0 Å². The summed E-state index contributed by atoms with van der Waals surface area (Å²) in [5.74, 6) is 0.521. The predicted molar refractivity (Wildman–Crippen MR) is 104 cm³/mol. The summed E-state index contributed by atoms with van der Waals surface area (Å²) >= 11 is 0. The number of nitrogens with zero attached hydrogens (tertiary/aromatic N) is 1. The number of hydrogen-bond donors (Lipinski definition) is 1. The van der Waals surface area contributed by atoms with Gasteiger partial charge in [0, 0.05) is 12.1 Å². The van der Waals surface area contributed by atoms with Crippen molar-refractivity contribution in [2.75, 3.05) is 12.4 Å². The molecule has 0 fully saturated rings. The molecule has 0 aromatic heterocycles. The average molecular weight is 372 g/mol. The molecule has 7 nitrogen and oxygen atoms in total. The van der Waals surface area contributed by atoms with E-state index in [0.717, 1.165) is 5.56 Å². The van der Waals surface area contributed by atoms with Crippen molar-refractivity contribution in [3.8, 4) is 11.5 Å². The van der Waals surface area contributed by atoms with E-state index in [9.17, 15) is 14.9 Å². The van der Waals surface area contributed by atoms with Crippen molar-refractivity contribution in [3.05, 3.63) is 58.1 Å².